The third kappa shape index (κ3) is 2.46. The van der Waals surface area contributed by atoms with Crippen molar-refractivity contribution in [1.82, 2.24) is 0 Å². The molecular weight excluding hydrogens is 328 g/mol. The van der Waals surface area contributed by atoms with Crippen LogP contribution in [0.4, 0.5) is 0 Å². The molecule has 1 nitrogen and oxygen atoms in total. The Kier molecular flexibility index (Phi) is 3.98. The van der Waals surface area contributed by atoms with Gasteiger partial charge in [-0.2, -0.15) is 0 Å². The Morgan fingerprint density at radius 1 is 0.963 bits per heavy atom. The smallest absolute Gasteiger partial charge is 0.133 e. The normalized spacial score (nSPS) is 45.4. The average Bonchev–Trinajstić information content (AvgIpc) is 3.28. The van der Waals surface area contributed by atoms with E-state index in [0.29, 0.717) is 17.1 Å². The summed E-state index contributed by atoms with van der Waals surface area (Å²) >= 11 is 0. The van der Waals surface area contributed by atoms with Crippen molar-refractivity contribution in [3.05, 3.63) is 47.1 Å². The lowest BCUT2D eigenvalue weighted by molar-refractivity contribution is -0.127. The van der Waals surface area contributed by atoms with Crippen molar-refractivity contribution in [2.75, 3.05) is 0 Å². The zero-order chi connectivity index (χ0) is 18.8. The molecule has 0 aromatic carbocycles. The average molecular weight is 363 g/mol. The Balaban J connectivity index is 1.46. The third-order valence-electron chi connectivity index (χ3n) is 9.52. The van der Waals surface area contributed by atoms with Gasteiger partial charge in [0.05, 0.1) is 0 Å². The Hall–Kier alpha value is -1.37. The summed E-state index contributed by atoms with van der Waals surface area (Å²) < 4.78 is 0. The molecule has 0 bridgehead atoms. The molecule has 0 amide bonds. The van der Waals surface area contributed by atoms with E-state index in [9.17, 15) is 4.79 Å². The van der Waals surface area contributed by atoms with Crippen LogP contribution < -0.4 is 0 Å². The lowest BCUT2D eigenvalue weighted by Gasteiger charge is -2.58. The fourth-order valence-electron chi connectivity index (χ4n) is 8.07. The molecule has 3 fully saturated rings. The molecule has 0 heterocycles. The summed E-state index contributed by atoms with van der Waals surface area (Å²) in [5.41, 5.74) is 5.41. The van der Waals surface area contributed by atoms with Crippen LogP contribution in [0.15, 0.2) is 47.1 Å². The van der Waals surface area contributed by atoms with E-state index in [2.05, 4.69) is 44.2 Å². The Labute approximate surface area is 164 Å². The van der Waals surface area contributed by atoms with Crippen molar-refractivity contribution in [2.24, 2.45) is 34.5 Å². The van der Waals surface area contributed by atoms with E-state index in [-0.39, 0.29) is 5.41 Å². The lowest BCUT2D eigenvalue weighted by Crippen LogP contribution is -2.50. The monoisotopic (exact) mass is 362 g/mol. The minimum atomic E-state index is 0.284. The quantitative estimate of drug-likeness (QED) is 0.515. The van der Waals surface area contributed by atoms with E-state index in [4.69, 9.17) is 0 Å². The van der Waals surface area contributed by atoms with Gasteiger partial charge in [0.1, 0.15) is 5.78 Å². The molecule has 5 aliphatic carbocycles. The molecule has 0 aromatic rings. The molecule has 144 valence electrons. The molecule has 27 heavy (non-hydrogen) atoms. The Morgan fingerprint density at radius 3 is 2.48 bits per heavy atom. The molecule has 1 heteroatoms. The number of hydrogen-bond acceptors (Lipinski definition) is 1. The van der Waals surface area contributed by atoms with E-state index in [1.165, 1.54) is 50.5 Å². The SMILES string of the molecule is CC(=O)C1CCC2C3CCC4=CC(=C5C=CC=C5)CCC4(C)C3CCC12C. The number of hydrogen-bond donors (Lipinski definition) is 0. The highest BCUT2D eigenvalue weighted by Crippen LogP contribution is 2.67. The zero-order valence-electron chi connectivity index (χ0n) is 17.3. The number of rotatable bonds is 1. The number of allylic oxidation sites excluding steroid dienone is 8. The topological polar surface area (TPSA) is 17.1 Å². The number of carbonyl (C=O) groups is 1. The predicted molar refractivity (Wildman–Crippen MR) is 111 cm³/mol. The predicted octanol–water partition coefficient (Wildman–Crippen LogP) is 6.58. The zero-order valence-corrected chi connectivity index (χ0v) is 17.3. The first-order valence-corrected chi connectivity index (χ1v) is 11.2. The van der Waals surface area contributed by atoms with Gasteiger partial charge in [-0.3, -0.25) is 4.79 Å². The van der Waals surface area contributed by atoms with Crippen LogP contribution in [0.25, 0.3) is 0 Å². The maximum absolute atomic E-state index is 12.3. The van der Waals surface area contributed by atoms with Crippen LogP contribution in [0.1, 0.15) is 72.1 Å². The van der Waals surface area contributed by atoms with E-state index in [1.54, 1.807) is 11.1 Å². The van der Waals surface area contributed by atoms with Crippen molar-refractivity contribution >= 4 is 5.78 Å². The van der Waals surface area contributed by atoms with E-state index in [0.717, 1.165) is 24.2 Å². The molecular formula is C26H34O. The van der Waals surface area contributed by atoms with Crippen molar-refractivity contribution in [2.45, 2.75) is 72.1 Å². The fourth-order valence-corrected chi connectivity index (χ4v) is 8.07. The molecule has 0 aromatic heterocycles. The highest BCUT2D eigenvalue weighted by molar-refractivity contribution is 5.79. The molecule has 0 N–H and O–H groups in total. The summed E-state index contributed by atoms with van der Waals surface area (Å²) in [5, 5.41) is 0. The highest BCUT2D eigenvalue weighted by Gasteiger charge is 2.59. The van der Waals surface area contributed by atoms with Crippen molar-refractivity contribution in [3.8, 4) is 0 Å². The standard InChI is InChI=1S/C26H34O/c1-17(27)22-10-11-23-21-9-8-20-16-19(18-6-4-5-7-18)12-14-25(20,2)24(21)13-15-26(22,23)3/h4-7,16,21-24H,8-15H2,1-3H3. The second-order valence-corrected chi connectivity index (χ2v) is 10.5. The van der Waals surface area contributed by atoms with E-state index >= 15 is 0 Å². The van der Waals surface area contributed by atoms with Crippen LogP contribution >= 0.6 is 0 Å². The number of carbonyl (C=O) groups excluding carboxylic acids is 1. The van der Waals surface area contributed by atoms with Gasteiger partial charge in [0.25, 0.3) is 0 Å². The van der Waals surface area contributed by atoms with Crippen LogP contribution in [-0.2, 0) is 4.79 Å². The van der Waals surface area contributed by atoms with Gasteiger partial charge >= 0.3 is 0 Å². The van der Waals surface area contributed by atoms with Gasteiger partial charge in [-0.25, -0.2) is 0 Å². The van der Waals surface area contributed by atoms with Gasteiger partial charge in [0.2, 0.25) is 0 Å². The number of Topliss-reactive ketones (excluding diaryl/α,β-unsaturated/α-hetero) is 1. The van der Waals surface area contributed by atoms with Gasteiger partial charge in [0, 0.05) is 5.92 Å². The molecule has 0 radical (unpaired) electrons. The molecule has 3 saturated carbocycles. The first-order chi connectivity index (χ1) is 12.9. The maximum atomic E-state index is 12.3. The first kappa shape index (κ1) is 17.7. The Bertz CT molecular complexity index is 779. The molecule has 0 aliphatic heterocycles. The molecule has 5 rings (SSSR count). The molecule has 6 unspecified atom stereocenters. The van der Waals surface area contributed by atoms with Gasteiger partial charge in [0.15, 0.2) is 0 Å². The minimum absolute atomic E-state index is 0.284. The third-order valence-corrected chi connectivity index (χ3v) is 9.52. The maximum Gasteiger partial charge on any atom is 0.133 e. The van der Waals surface area contributed by atoms with Crippen molar-refractivity contribution in [1.29, 1.82) is 0 Å². The number of ketones is 1. The van der Waals surface area contributed by atoms with E-state index in [1.807, 2.05) is 6.92 Å². The van der Waals surface area contributed by atoms with Crippen LogP contribution in [0, 0.1) is 34.5 Å². The highest BCUT2D eigenvalue weighted by atomic mass is 16.1. The molecule has 0 spiro atoms. The van der Waals surface area contributed by atoms with Crippen LogP contribution in [0.2, 0.25) is 0 Å². The largest absolute Gasteiger partial charge is 0.300 e. The van der Waals surface area contributed by atoms with Crippen molar-refractivity contribution in [3.63, 3.8) is 0 Å². The molecule has 0 saturated heterocycles. The van der Waals surface area contributed by atoms with Crippen LogP contribution in [0.5, 0.6) is 0 Å². The van der Waals surface area contributed by atoms with Crippen LogP contribution in [-0.4, -0.2) is 5.78 Å². The molecule has 5 aliphatic rings. The second-order valence-electron chi connectivity index (χ2n) is 10.5. The molecule has 6 atom stereocenters. The summed E-state index contributed by atoms with van der Waals surface area (Å²) in [6, 6.07) is 0. The van der Waals surface area contributed by atoms with Gasteiger partial charge in [-0.1, -0.05) is 49.8 Å². The summed E-state index contributed by atoms with van der Waals surface area (Å²) in [6.45, 7) is 6.88. The van der Waals surface area contributed by atoms with Gasteiger partial charge in [-0.15, -0.1) is 0 Å². The van der Waals surface area contributed by atoms with Crippen LogP contribution in [0.3, 0.4) is 0 Å². The Morgan fingerprint density at radius 2 is 1.74 bits per heavy atom. The lowest BCUT2D eigenvalue weighted by atomic mass is 9.46. The summed E-state index contributed by atoms with van der Waals surface area (Å²) in [5.74, 6) is 3.24. The summed E-state index contributed by atoms with van der Waals surface area (Å²) in [7, 11) is 0. The summed E-state index contributed by atoms with van der Waals surface area (Å²) in [4.78, 5) is 12.3. The summed E-state index contributed by atoms with van der Waals surface area (Å²) in [6.07, 6.45) is 21.7. The van der Waals surface area contributed by atoms with Gasteiger partial charge < -0.3 is 0 Å². The second kappa shape index (κ2) is 6.06. The van der Waals surface area contributed by atoms with Crippen molar-refractivity contribution < 1.29 is 4.79 Å². The number of fused-ring (bicyclic) bond motifs is 5. The first-order valence-electron chi connectivity index (χ1n) is 11.2. The van der Waals surface area contributed by atoms with Gasteiger partial charge in [-0.05, 0) is 98.0 Å². The van der Waals surface area contributed by atoms with E-state index < -0.39 is 0 Å². The minimum Gasteiger partial charge on any atom is -0.300 e. The fraction of sp³-hybridized carbons (Fsp3) is 0.654.